The summed E-state index contributed by atoms with van der Waals surface area (Å²) in [5, 5.41) is 18.7. The minimum Gasteiger partial charge on any atom is -0.349 e. The number of rotatable bonds is 3. The van der Waals surface area contributed by atoms with Crippen LogP contribution < -0.4 is 4.90 Å². The second-order valence-electron chi connectivity index (χ2n) is 11.9. The third kappa shape index (κ3) is 3.46. The molecule has 2 fully saturated rings. The molecule has 1 amide bonds. The van der Waals surface area contributed by atoms with E-state index in [1.54, 1.807) is 11.1 Å². The number of benzene rings is 1. The minimum atomic E-state index is -3.03. The second kappa shape index (κ2) is 8.10. The number of carbonyl (C=O) groups is 1. The van der Waals surface area contributed by atoms with Crippen molar-refractivity contribution >= 4 is 22.6 Å². The number of anilines is 1. The number of likely N-dealkylation sites (tertiary alicyclic amines) is 1. The number of nitriles is 1. The molecule has 0 unspecified atom stereocenters. The highest BCUT2D eigenvalue weighted by atomic mass is 19.3. The normalized spacial score (nSPS) is 20.7. The van der Waals surface area contributed by atoms with Crippen LogP contribution in [0.4, 0.5) is 14.6 Å². The van der Waals surface area contributed by atoms with E-state index in [-0.39, 0.29) is 31.0 Å². The number of nitrogens with one attached hydrogen (secondary N) is 1. The highest BCUT2D eigenvalue weighted by Crippen LogP contribution is 2.52. The Morgan fingerprint density at radius 3 is 2.68 bits per heavy atom. The molecule has 1 N–H and O–H groups in total. The SMILES string of the molecule is C=CC(=O)N1CC2(C1)CN(c1nc3c(c(-c4c(C)ccc5[nH]ncc45)c1C#N)CCC(C)(C)C3)CC2(F)F. The third-order valence-electron chi connectivity index (χ3n) is 8.69. The van der Waals surface area contributed by atoms with E-state index in [1.807, 2.05) is 19.1 Å². The van der Waals surface area contributed by atoms with Crippen LogP contribution in [-0.4, -0.2) is 58.1 Å². The van der Waals surface area contributed by atoms with Gasteiger partial charge in [-0.25, -0.2) is 13.8 Å². The van der Waals surface area contributed by atoms with Crippen molar-refractivity contribution in [2.75, 3.05) is 31.1 Å². The lowest BCUT2D eigenvalue weighted by atomic mass is 9.73. The first-order valence-electron chi connectivity index (χ1n) is 12.9. The van der Waals surface area contributed by atoms with Crippen molar-refractivity contribution in [3.63, 3.8) is 0 Å². The molecule has 6 rings (SSSR count). The first kappa shape index (κ1) is 24.5. The Balaban J connectivity index is 1.53. The molecule has 196 valence electrons. The number of H-pyrrole nitrogens is 1. The fourth-order valence-electron chi connectivity index (χ4n) is 6.54. The molecule has 3 aliphatic rings. The second-order valence-corrected chi connectivity index (χ2v) is 11.9. The number of nitrogens with zero attached hydrogens (tertiary/aromatic N) is 5. The molecule has 38 heavy (non-hydrogen) atoms. The molecule has 4 heterocycles. The van der Waals surface area contributed by atoms with Crippen LogP contribution in [0.2, 0.25) is 0 Å². The summed E-state index contributed by atoms with van der Waals surface area (Å²) >= 11 is 0. The van der Waals surface area contributed by atoms with Crippen molar-refractivity contribution in [1.29, 1.82) is 5.26 Å². The molecule has 1 aromatic carbocycles. The molecule has 2 saturated heterocycles. The van der Waals surface area contributed by atoms with E-state index >= 15 is 8.78 Å². The van der Waals surface area contributed by atoms with E-state index in [0.717, 1.165) is 57.8 Å². The molecule has 0 saturated carbocycles. The quantitative estimate of drug-likeness (QED) is 0.506. The zero-order valence-electron chi connectivity index (χ0n) is 21.9. The van der Waals surface area contributed by atoms with Gasteiger partial charge in [-0.2, -0.15) is 10.4 Å². The van der Waals surface area contributed by atoms with Crippen LogP contribution in [0.15, 0.2) is 31.0 Å². The summed E-state index contributed by atoms with van der Waals surface area (Å²) in [5.41, 5.74) is 4.39. The Morgan fingerprint density at radius 1 is 1.21 bits per heavy atom. The van der Waals surface area contributed by atoms with Gasteiger partial charge in [0.2, 0.25) is 5.91 Å². The van der Waals surface area contributed by atoms with Crippen LogP contribution in [0, 0.1) is 29.1 Å². The van der Waals surface area contributed by atoms with Crippen LogP contribution in [-0.2, 0) is 17.6 Å². The van der Waals surface area contributed by atoms with E-state index in [2.05, 4.69) is 36.7 Å². The van der Waals surface area contributed by atoms with Gasteiger partial charge in [-0.15, -0.1) is 0 Å². The number of hydrogen-bond donors (Lipinski definition) is 1. The van der Waals surface area contributed by atoms with Gasteiger partial charge in [-0.1, -0.05) is 26.5 Å². The predicted octanol–water partition coefficient (Wildman–Crippen LogP) is 4.79. The van der Waals surface area contributed by atoms with Crippen molar-refractivity contribution < 1.29 is 13.6 Å². The van der Waals surface area contributed by atoms with Gasteiger partial charge in [0, 0.05) is 36.3 Å². The number of halogens is 2. The van der Waals surface area contributed by atoms with Gasteiger partial charge >= 0.3 is 0 Å². The molecule has 0 radical (unpaired) electrons. The van der Waals surface area contributed by atoms with Gasteiger partial charge in [-0.3, -0.25) is 9.89 Å². The molecular weight excluding hydrogens is 486 g/mol. The van der Waals surface area contributed by atoms with Crippen LogP contribution in [0.25, 0.3) is 22.0 Å². The highest BCUT2D eigenvalue weighted by molar-refractivity contribution is 5.99. The summed E-state index contributed by atoms with van der Waals surface area (Å²) in [4.78, 5) is 19.9. The number of pyridine rings is 1. The molecule has 2 aromatic heterocycles. The highest BCUT2D eigenvalue weighted by Gasteiger charge is 2.66. The van der Waals surface area contributed by atoms with Crippen molar-refractivity contribution in [1.82, 2.24) is 20.1 Å². The number of alkyl halides is 2. The van der Waals surface area contributed by atoms with Gasteiger partial charge in [0.05, 0.1) is 23.7 Å². The molecule has 0 atom stereocenters. The summed E-state index contributed by atoms with van der Waals surface area (Å²) in [6.07, 6.45) is 5.31. The van der Waals surface area contributed by atoms with Gasteiger partial charge in [0.15, 0.2) is 0 Å². The Kier molecular flexibility index (Phi) is 5.23. The average Bonchev–Trinajstić information content (AvgIpc) is 3.42. The monoisotopic (exact) mass is 516 g/mol. The maximum Gasteiger partial charge on any atom is 0.275 e. The average molecular weight is 517 g/mol. The molecule has 7 nitrogen and oxygen atoms in total. The maximum absolute atomic E-state index is 15.5. The smallest absolute Gasteiger partial charge is 0.275 e. The van der Waals surface area contributed by atoms with Crippen LogP contribution >= 0.6 is 0 Å². The topological polar surface area (TPSA) is 88.9 Å². The summed E-state index contributed by atoms with van der Waals surface area (Å²) in [6, 6.07) is 6.32. The molecule has 1 spiro atoms. The number of fused-ring (bicyclic) bond motifs is 2. The van der Waals surface area contributed by atoms with E-state index < -0.39 is 17.9 Å². The van der Waals surface area contributed by atoms with Gasteiger partial charge in [-0.05, 0) is 60.4 Å². The van der Waals surface area contributed by atoms with Crippen molar-refractivity contribution in [2.45, 2.75) is 46.0 Å². The molecule has 1 aliphatic carbocycles. The lowest BCUT2D eigenvalue weighted by Gasteiger charge is -2.49. The number of aryl methyl sites for hydroxylation is 1. The lowest BCUT2D eigenvalue weighted by molar-refractivity contribution is -0.169. The molecular formula is C29H30F2N6O. The number of aromatic amines is 1. The van der Waals surface area contributed by atoms with Crippen LogP contribution in [0.5, 0.6) is 0 Å². The maximum atomic E-state index is 15.5. The largest absolute Gasteiger partial charge is 0.349 e. The van der Waals surface area contributed by atoms with Gasteiger partial charge < -0.3 is 9.80 Å². The molecule has 0 bridgehead atoms. The summed E-state index contributed by atoms with van der Waals surface area (Å²) in [5.74, 6) is -3.07. The van der Waals surface area contributed by atoms with Crippen molar-refractivity contribution in [3.05, 3.63) is 53.4 Å². The Morgan fingerprint density at radius 2 is 1.97 bits per heavy atom. The van der Waals surface area contributed by atoms with Gasteiger partial charge in [0.25, 0.3) is 5.92 Å². The molecule has 2 aliphatic heterocycles. The standard InChI is InChI=1S/C29H30F2N6O/c1-5-23(38)36-13-28(14-36)15-37(16-29(28,30)31)26-19(11-32)25(18-8-9-27(3,4)10-22(18)34-26)24-17(2)6-7-21-20(24)12-33-35-21/h5-7,12H,1,8-10,13-16H2,2-4H3,(H,33,35). The lowest BCUT2D eigenvalue weighted by Crippen LogP contribution is -2.65. The Hall–Kier alpha value is -3.80. The van der Waals surface area contributed by atoms with E-state index in [0.29, 0.717) is 17.8 Å². The number of aromatic nitrogens is 3. The summed E-state index contributed by atoms with van der Waals surface area (Å²) < 4.78 is 31.1. The summed E-state index contributed by atoms with van der Waals surface area (Å²) in [7, 11) is 0. The first-order chi connectivity index (χ1) is 18.0. The zero-order valence-corrected chi connectivity index (χ0v) is 21.9. The van der Waals surface area contributed by atoms with Crippen molar-refractivity contribution in [2.24, 2.45) is 10.8 Å². The Bertz CT molecular complexity index is 1540. The van der Waals surface area contributed by atoms with E-state index in [1.165, 1.54) is 4.90 Å². The number of amides is 1. The summed E-state index contributed by atoms with van der Waals surface area (Å²) in [6.45, 7) is 9.26. The predicted molar refractivity (Wildman–Crippen MR) is 141 cm³/mol. The first-order valence-corrected chi connectivity index (χ1v) is 12.9. The number of carbonyl (C=O) groups excluding carboxylic acids is 1. The third-order valence-corrected chi connectivity index (χ3v) is 8.69. The van der Waals surface area contributed by atoms with Gasteiger partial charge in [0.1, 0.15) is 17.5 Å². The van der Waals surface area contributed by atoms with E-state index in [9.17, 15) is 10.1 Å². The fraction of sp³-hybridized carbons (Fsp3) is 0.448. The number of hydrogen-bond acceptors (Lipinski definition) is 5. The van der Waals surface area contributed by atoms with E-state index in [4.69, 9.17) is 4.98 Å². The van der Waals surface area contributed by atoms with Crippen LogP contribution in [0.1, 0.15) is 42.7 Å². The fourth-order valence-corrected chi connectivity index (χ4v) is 6.54. The molecule has 9 heteroatoms. The minimum absolute atomic E-state index is 0.00901. The van der Waals surface area contributed by atoms with Crippen molar-refractivity contribution in [3.8, 4) is 17.2 Å². The zero-order chi connectivity index (χ0) is 27.0. The molecule has 3 aromatic rings. The Labute approximate surface area is 220 Å². The van der Waals surface area contributed by atoms with Crippen LogP contribution in [0.3, 0.4) is 0 Å².